The van der Waals surface area contributed by atoms with Gasteiger partial charge in [-0.3, -0.25) is 16.3 Å². The second kappa shape index (κ2) is 6.88. The van der Waals surface area contributed by atoms with Crippen LogP contribution in [0.5, 0.6) is 0 Å². The number of pyridine rings is 1. The van der Waals surface area contributed by atoms with E-state index in [1.165, 1.54) is 18.2 Å². The summed E-state index contributed by atoms with van der Waals surface area (Å²) in [6, 6.07) is 7.23. The molecule has 3 nitrogen and oxygen atoms in total. The Morgan fingerprint density at radius 3 is 2.40 bits per heavy atom. The number of hydrazine groups is 1. The molecule has 3 N–H and O–H groups in total. The summed E-state index contributed by atoms with van der Waals surface area (Å²) >= 11 is 3.30. The number of nitrogens with two attached hydrogens (primary N) is 1. The fourth-order valence-electron chi connectivity index (χ4n) is 1.94. The third-order valence-corrected chi connectivity index (χ3v) is 3.46. The van der Waals surface area contributed by atoms with Crippen LogP contribution >= 0.6 is 15.9 Å². The predicted octanol–water partition coefficient (Wildman–Crippen LogP) is 2.74. The molecule has 0 radical (unpaired) electrons. The molecule has 2 rings (SSSR count). The van der Waals surface area contributed by atoms with Crippen molar-refractivity contribution in [3.05, 3.63) is 63.9 Å². The van der Waals surface area contributed by atoms with E-state index in [1.807, 2.05) is 12.1 Å². The minimum atomic E-state index is -0.561. The Hall–Kier alpha value is -1.37. The Morgan fingerprint density at radius 2 is 1.85 bits per heavy atom. The van der Waals surface area contributed by atoms with E-state index in [-0.39, 0.29) is 18.0 Å². The zero-order chi connectivity index (χ0) is 14.5. The van der Waals surface area contributed by atoms with Crippen LogP contribution in [0.1, 0.15) is 11.3 Å². The molecule has 1 unspecified atom stereocenters. The van der Waals surface area contributed by atoms with E-state index >= 15 is 0 Å². The van der Waals surface area contributed by atoms with Crippen molar-refractivity contribution in [2.45, 2.75) is 18.9 Å². The van der Waals surface area contributed by atoms with Gasteiger partial charge in [-0.2, -0.15) is 0 Å². The number of hydrogen-bond acceptors (Lipinski definition) is 3. The summed E-state index contributed by atoms with van der Waals surface area (Å²) in [7, 11) is 0. The second-order valence-electron chi connectivity index (χ2n) is 4.44. The molecule has 0 aliphatic carbocycles. The summed E-state index contributed by atoms with van der Waals surface area (Å²) < 4.78 is 28.1. The molecule has 20 heavy (non-hydrogen) atoms. The Balaban J connectivity index is 2.11. The standard InChI is InChI=1S/C14H14BrF2N3/c15-9-4-5-10(19-8-9)6-11(20-18)7-12-13(16)2-1-3-14(12)17/h1-5,8,11,20H,6-7,18H2. The average Bonchev–Trinajstić information content (AvgIpc) is 2.44. The van der Waals surface area contributed by atoms with Crippen LogP contribution in [0.25, 0.3) is 0 Å². The Kier molecular flexibility index (Phi) is 5.17. The number of aromatic nitrogens is 1. The van der Waals surface area contributed by atoms with Crippen molar-refractivity contribution in [3.8, 4) is 0 Å². The topological polar surface area (TPSA) is 50.9 Å². The largest absolute Gasteiger partial charge is 0.271 e. The van der Waals surface area contributed by atoms with Gasteiger partial charge in [0.25, 0.3) is 0 Å². The fraction of sp³-hybridized carbons (Fsp3) is 0.214. The van der Waals surface area contributed by atoms with Crippen LogP contribution in [0.15, 0.2) is 41.0 Å². The molecule has 0 saturated carbocycles. The third kappa shape index (κ3) is 3.82. The van der Waals surface area contributed by atoms with Crippen molar-refractivity contribution in [3.63, 3.8) is 0 Å². The van der Waals surface area contributed by atoms with Crippen LogP contribution in [-0.4, -0.2) is 11.0 Å². The second-order valence-corrected chi connectivity index (χ2v) is 5.36. The quantitative estimate of drug-likeness (QED) is 0.649. The van der Waals surface area contributed by atoms with Gasteiger partial charge in [0, 0.05) is 34.4 Å². The van der Waals surface area contributed by atoms with Gasteiger partial charge < -0.3 is 0 Å². The first-order valence-corrected chi connectivity index (χ1v) is 6.89. The van der Waals surface area contributed by atoms with Gasteiger partial charge in [0.2, 0.25) is 0 Å². The van der Waals surface area contributed by atoms with Crippen molar-refractivity contribution in [2.75, 3.05) is 0 Å². The average molecular weight is 342 g/mol. The minimum Gasteiger partial charge on any atom is -0.271 e. The van der Waals surface area contributed by atoms with Gasteiger partial charge in [0.1, 0.15) is 11.6 Å². The molecule has 6 heteroatoms. The molecule has 1 atom stereocenters. The van der Waals surface area contributed by atoms with Crippen LogP contribution in [0.3, 0.4) is 0 Å². The van der Waals surface area contributed by atoms with Gasteiger partial charge in [-0.1, -0.05) is 6.07 Å². The molecule has 0 fully saturated rings. The highest BCUT2D eigenvalue weighted by Gasteiger charge is 2.15. The van der Waals surface area contributed by atoms with Crippen LogP contribution in [0.2, 0.25) is 0 Å². The zero-order valence-electron chi connectivity index (χ0n) is 10.6. The molecule has 0 spiro atoms. The van der Waals surface area contributed by atoms with Crippen LogP contribution in [-0.2, 0) is 12.8 Å². The van der Waals surface area contributed by atoms with Crippen molar-refractivity contribution in [1.29, 1.82) is 0 Å². The van der Waals surface area contributed by atoms with Gasteiger partial charge in [0.15, 0.2) is 0 Å². The summed E-state index contributed by atoms with van der Waals surface area (Å²) in [6.07, 6.45) is 2.32. The van der Waals surface area contributed by atoms with Crippen LogP contribution in [0.4, 0.5) is 8.78 Å². The molecule has 0 aliphatic rings. The van der Waals surface area contributed by atoms with Crippen molar-refractivity contribution in [2.24, 2.45) is 5.84 Å². The van der Waals surface area contributed by atoms with E-state index in [9.17, 15) is 8.78 Å². The van der Waals surface area contributed by atoms with E-state index < -0.39 is 11.6 Å². The molecular weight excluding hydrogens is 328 g/mol. The zero-order valence-corrected chi connectivity index (χ0v) is 12.2. The monoisotopic (exact) mass is 341 g/mol. The maximum Gasteiger partial charge on any atom is 0.129 e. The molecule has 1 aromatic heterocycles. The maximum absolute atomic E-state index is 13.6. The van der Waals surface area contributed by atoms with Crippen LogP contribution in [0, 0.1) is 11.6 Å². The normalized spacial score (nSPS) is 12.4. The van der Waals surface area contributed by atoms with Gasteiger partial charge >= 0.3 is 0 Å². The number of benzene rings is 1. The van der Waals surface area contributed by atoms with E-state index in [4.69, 9.17) is 5.84 Å². The Bertz CT molecular complexity index is 555. The lowest BCUT2D eigenvalue weighted by Gasteiger charge is -2.16. The number of nitrogens with one attached hydrogen (secondary N) is 1. The fourth-order valence-corrected chi connectivity index (χ4v) is 2.18. The summed E-state index contributed by atoms with van der Waals surface area (Å²) in [5.74, 6) is 4.34. The van der Waals surface area contributed by atoms with Gasteiger partial charge in [-0.05, 0) is 46.6 Å². The maximum atomic E-state index is 13.6. The number of nitrogens with zero attached hydrogens (tertiary/aromatic N) is 1. The number of hydrogen-bond donors (Lipinski definition) is 2. The third-order valence-electron chi connectivity index (χ3n) is 2.99. The molecule has 0 amide bonds. The van der Waals surface area contributed by atoms with Gasteiger partial charge in [0.05, 0.1) is 0 Å². The first-order chi connectivity index (χ1) is 9.60. The Labute approximate surface area is 124 Å². The highest BCUT2D eigenvalue weighted by Crippen LogP contribution is 2.16. The minimum absolute atomic E-state index is 0.0348. The molecular formula is C14H14BrF2N3. The summed E-state index contributed by atoms with van der Waals surface area (Å²) in [5, 5.41) is 0. The van der Waals surface area contributed by atoms with Gasteiger partial charge in [-0.25, -0.2) is 8.78 Å². The molecule has 1 aromatic carbocycles. The van der Waals surface area contributed by atoms with E-state index in [0.717, 1.165) is 10.2 Å². The summed E-state index contributed by atoms with van der Waals surface area (Å²) in [5.41, 5.74) is 3.42. The molecule has 0 aliphatic heterocycles. The number of halogens is 3. The van der Waals surface area contributed by atoms with Crippen molar-refractivity contribution in [1.82, 2.24) is 10.4 Å². The lowest BCUT2D eigenvalue weighted by atomic mass is 10.0. The Morgan fingerprint density at radius 1 is 1.15 bits per heavy atom. The first-order valence-electron chi connectivity index (χ1n) is 6.09. The van der Waals surface area contributed by atoms with Crippen molar-refractivity contribution < 1.29 is 8.78 Å². The van der Waals surface area contributed by atoms with Gasteiger partial charge in [-0.15, -0.1) is 0 Å². The molecule has 1 heterocycles. The molecule has 0 saturated heterocycles. The predicted molar refractivity (Wildman–Crippen MR) is 76.8 cm³/mol. The highest BCUT2D eigenvalue weighted by atomic mass is 79.9. The van der Waals surface area contributed by atoms with Crippen molar-refractivity contribution >= 4 is 15.9 Å². The lowest BCUT2D eigenvalue weighted by Crippen LogP contribution is -2.39. The molecule has 0 bridgehead atoms. The SMILES string of the molecule is NNC(Cc1ccc(Br)cn1)Cc1c(F)cccc1F. The van der Waals surface area contributed by atoms with E-state index in [2.05, 4.69) is 26.3 Å². The molecule has 2 aromatic rings. The molecule has 106 valence electrons. The highest BCUT2D eigenvalue weighted by molar-refractivity contribution is 9.10. The van der Waals surface area contributed by atoms with Crippen LogP contribution < -0.4 is 11.3 Å². The smallest absolute Gasteiger partial charge is 0.129 e. The summed E-state index contributed by atoms with van der Waals surface area (Å²) in [4.78, 5) is 4.22. The lowest BCUT2D eigenvalue weighted by molar-refractivity contribution is 0.481. The summed E-state index contributed by atoms with van der Waals surface area (Å²) in [6.45, 7) is 0. The van der Waals surface area contributed by atoms with E-state index in [0.29, 0.717) is 6.42 Å². The van der Waals surface area contributed by atoms with E-state index in [1.54, 1.807) is 6.20 Å². The first kappa shape index (κ1) is 15.0. The number of rotatable bonds is 5.